The molecule has 4 nitrogen and oxygen atoms in total. The summed E-state index contributed by atoms with van der Waals surface area (Å²) in [4.78, 5) is 16.8. The molecule has 0 atom stereocenters. The third-order valence-electron chi connectivity index (χ3n) is 5.70. The first-order chi connectivity index (χ1) is 14.7. The van der Waals surface area contributed by atoms with Crippen LogP contribution in [0.2, 0.25) is 0 Å². The highest BCUT2D eigenvalue weighted by molar-refractivity contribution is 7.11. The van der Waals surface area contributed by atoms with E-state index in [1.54, 1.807) is 18.4 Å². The van der Waals surface area contributed by atoms with Crippen molar-refractivity contribution in [3.8, 4) is 5.75 Å². The topological polar surface area (TPSA) is 34.5 Å². The first kappa shape index (κ1) is 18.7. The maximum Gasteiger partial charge on any atom is 0.271 e. The van der Waals surface area contributed by atoms with Crippen LogP contribution >= 0.6 is 11.3 Å². The van der Waals surface area contributed by atoms with Gasteiger partial charge in [0.15, 0.2) is 0 Å². The van der Waals surface area contributed by atoms with Gasteiger partial charge in [-0.3, -0.25) is 4.79 Å². The smallest absolute Gasteiger partial charge is 0.271 e. The molecule has 5 heteroatoms. The number of rotatable bonds is 4. The van der Waals surface area contributed by atoms with Crippen molar-refractivity contribution in [1.82, 2.24) is 9.47 Å². The van der Waals surface area contributed by atoms with Crippen LogP contribution in [0.4, 0.5) is 0 Å². The van der Waals surface area contributed by atoms with Crippen LogP contribution in [0.25, 0.3) is 16.5 Å². The molecular formula is C25H22N2O2S. The zero-order valence-corrected chi connectivity index (χ0v) is 17.8. The van der Waals surface area contributed by atoms with E-state index in [1.165, 1.54) is 4.88 Å². The summed E-state index contributed by atoms with van der Waals surface area (Å²) in [6.45, 7) is 1.12. The zero-order valence-electron chi connectivity index (χ0n) is 17.0. The minimum Gasteiger partial charge on any atom is -0.497 e. The maximum atomic E-state index is 13.7. The molecule has 4 aromatic rings. The Morgan fingerprint density at radius 3 is 2.57 bits per heavy atom. The zero-order chi connectivity index (χ0) is 20.7. The SMILES string of the molecule is COc1ccc(CN2CC=C(c3cccs3)c3c(n(C)c4ccccc34)C2=O)cc1. The van der Waals surface area contributed by atoms with Gasteiger partial charge in [0, 0.05) is 41.5 Å². The minimum absolute atomic E-state index is 0.0577. The van der Waals surface area contributed by atoms with Crippen LogP contribution in [-0.4, -0.2) is 29.0 Å². The number of para-hydroxylation sites is 1. The molecule has 1 aliphatic rings. The fourth-order valence-electron chi connectivity index (χ4n) is 4.20. The lowest BCUT2D eigenvalue weighted by Gasteiger charge is -2.21. The molecule has 0 aliphatic carbocycles. The van der Waals surface area contributed by atoms with Crippen molar-refractivity contribution in [3.05, 3.63) is 93.8 Å². The molecule has 0 saturated heterocycles. The van der Waals surface area contributed by atoms with E-state index in [1.807, 2.05) is 52.9 Å². The summed E-state index contributed by atoms with van der Waals surface area (Å²) in [7, 11) is 3.65. The minimum atomic E-state index is 0.0577. The molecule has 150 valence electrons. The van der Waals surface area contributed by atoms with E-state index in [0.717, 1.165) is 39.0 Å². The maximum absolute atomic E-state index is 13.7. The van der Waals surface area contributed by atoms with Crippen molar-refractivity contribution >= 4 is 33.7 Å². The first-order valence-corrected chi connectivity index (χ1v) is 10.8. The van der Waals surface area contributed by atoms with E-state index in [4.69, 9.17) is 4.74 Å². The number of aromatic nitrogens is 1. The summed E-state index contributed by atoms with van der Waals surface area (Å²) in [5.41, 5.74) is 5.09. The second-order valence-corrected chi connectivity index (χ2v) is 8.38. The van der Waals surface area contributed by atoms with Crippen molar-refractivity contribution in [2.75, 3.05) is 13.7 Å². The summed E-state index contributed by atoms with van der Waals surface area (Å²) in [5, 5.41) is 3.21. The average molecular weight is 415 g/mol. The van der Waals surface area contributed by atoms with Gasteiger partial charge in [0.25, 0.3) is 5.91 Å². The number of ether oxygens (including phenoxy) is 1. The predicted molar refractivity (Wildman–Crippen MR) is 122 cm³/mol. The number of fused-ring (bicyclic) bond motifs is 3. The van der Waals surface area contributed by atoms with Crippen molar-refractivity contribution in [2.45, 2.75) is 6.54 Å². The van der Waals surface area contributed by atoms with Gasteiger partial charge in [0.05, 0.1) is 7.11 Å². The molecule has 1 aliphatic heterocycles. The van der Waals surface area contributed by atoms with Gasteiger partial charge < -0.3 is 14.2 Å². The fraction of sp³-hybridized carbons (Fsp3) is 0.160. The third-order valence-corrected chi connectivity index (χ3v) is 6.60. The number of benzene rings is 2. The van der Waals surface area contributed by atoms with Gasteiger partial charge >= 0.3 is 0 Å². The van der Waals surface area contributed by atoms with E-state index >= 15 is 0 Å². The second kappa shape index (κ2) is 7.50. The molecule has 0 spiro atoms. The van der Waals surface area contributed by atoms with Crippen LogP contribution in [0.3, 0.4) is 0 Å². The highest BCUT2D eigenvalue weighted by Gasteiger charge is 2.30. The van der Waals surface area contributed by atoms with Gasteiger partial charge in [-0.1, -0.05) is 42.5 Å². The second-order valence-electron chi connectivity index (χ2n) is 7.43. The van der Waals surface area contributed by atoms with Crippen molar-refractivity contribution < 1.29 is 9.53 Å². The molecule has 0 fully saturated rings. The van der Waals surface area contributed by atoms with Gasteiger partial charge in [-0.25, -0.2) is 0 Å². The monoisotopic (exact) mass is 414 g/mol. The number of aryl methyl sites for hydroxylation is 1. The normalized spacial score (nSPS) is 13.9. The van der Waals surface area contributed by atoms with Gasteiger partial charge in [-0.15, -0.1) is 11.3 Å². The Kier molecular flexibility index (Phi) is 4.68. The molecule has 1 amide bonds. The van der Waals surface area contributed by atoms with Gasteiger partial charge in [-0.05, 0) is 40.8 Å². The lowest BCUT2D eigenvalue weighted by molar-refractivity contribution is 0.0755. The van der Waals surface area contributed by atoms with Crippen molar-refractivity contribution in [3.63, 3.8) is 0 Å². The largest absolute Gasteiger partial charge is 0.497 e. The van der Waals surface area contributed by atoms with E-state index in [0.29, 0.717) is 13.1 Å². The first-order valence-electron chi connectivity index (χ1n) is 9.91. The number of carbonyl (C=O) groups excluding carboxylic acids is 1. The molecular weight excluding hydrogens is 392 g/mol. The fourth-order valence-corrected chi connectivity index (χ4v) is 4.97. The molecule has 0 N–H and O–H groups in total. The molecule has 0 radical (unpaired) electrons. The van der Waals surface area contributed by atoms with Crippen LogP contribution in [0.1, 0.15) is 26.5 Å². The number of thiophene rings is 1. The van der Waals surface area contributed by atoms with Gasteiger partial charge in [0.2, 0.25) is 0 Å². The van der Waals surface area contributed by atoms with Crippen LogP contribution in [-0.2, 0) is 13.6 Å². The Morgan fingerprint density at radius 1 is 1.03 bits per heavy atom. The molecule has 3 heterocycles. The lowest BCUT2D eigenvalue weighted by Crippen LogP contribution is -2.31. The number of hydrogen-bond donors (Lipinski definition) is 0. The standard InChI is InChI=1S/C25H22N2O2S/c1-26-21-7-4-3-6-19(21)23-20(22-8-5-15-30-22)13-14-27(25(28)24(23)26)16-17-9-11-18(29-2)12-10-17/h3-13,15H,14,16H2,1-2H3. The molecule has 2 aromatic heterocycles. The molecule has 5 rings (SSSR count). The molecule has 0 bridgehead atoms. The predicted octanol–water partition coefficient (Wildman–Crippen LogP) is 5.34. The summed E-state index contributed by atoms with van der Waals surface area (Å²) < 4.78 is 7.30. The summed E-state index contributed by atoms with van der Waals surface area (Å²) in [6, 6.07) is 20.4. The number of hydrogen-bond acceptors (Lipinski definition) is 3. The Morgan fingerprint density at radius 2 is 1.83 bits per heavy atom. The van der Waals surface area contributed by atoms with E-state index in [-0.39, 0.29) is 5.91 Å². The van der Waals surface area contributed by atoms with E-state index in [2.05, 4.69) is 35.7 Å². The van der Waals surface area contributed by atoms with Crippen LogP contribution in [0, 0.1) is 0 Å². The van der Waals surface area contributed by atoms with E-state index < -0.39 is 0 Å². The number of nitrogens with zero attached hydrogens (tertiary/aromatic N) is 2. The third kappa shape index (κ3) is 3.02. The number of amides is 1. The van der Waals surface area contributed by atoms with E-state index in [9.17, 15) is 4.79 Å². The summed E-state index contributed by atoms with van der Waals surface area (Å²) in [6.07, 6.45) is 2.20. The van der Waals surface area contributed by atoms with Gasteiger partial charge in [0.1, 0.15) is 11.4 Å². The molecule has 2 aromatic carbocycles. The highest BCUT2D eigenvalue weighted by atomic mass is 32.1. The van der Waals surface area contributed by atoms with Crippen LogP contribution in [0.15, 0.2) is 72.1 Å². The molecule has 0 unspecified atom stereocenters. The van der Waals surface area contributed by atoms with Crippen molar-refractivity contribution in [2.24, 2.45) is 7.05 Å². The van der Waals surface area contributed by atoms with Crippen LogP contribution < -0.4 is 4.74 Å². The number of methoxy groups -OCH3 is 1. The van der Waals surface area contributed by atoms with Gasteiger partial charge in [-0.2, -0.15) is 0 Å². The quantitative estimate of drug-likeness (QED) is 0.452. The Bertz CT molecular complexity index is 1250. The highest BCUT2D eigenvalue weighted by Crippen LogP contribution is 2.38. The number of carbonyl (C=O) groups is 1. The average Bonchev–Trinajstić information content (AvgIpc) is 3.38. The molecule has 0 saturated carbocycles. The molecule has 30 heavy (non-hydrogen) atoms. The Labute approximate surface area is 179 Å². The summed E-state index contributed by atoms with van der Waals surface area (Å²) in [5.74, 6) is 0.874. The lowest BCUT2D eigenvalue weighted by atomic mass is 10.0. The Hall–Kier alpha value is -3.31. The summed E-state index contributed by atoms with van der Waals surface area (Å²) >= 11 is 1.71. The Balaban J connectivity index is 1.64. The van der Waals surface area contributed by atoms with Crippen LogP contribution in [0.5, 0.6) is 5.75 Å². The van der Waals surface area contributed by atoms with Crippen molar-refractivity contribution in [1.29, 1.82) is 0 Å².